The second kappa shape index (κ2) is 3.74. The molecular weight excluding hydrogens is 202 g/mol. The van der Waals surface area contributed by atoms with E-state index in [1.807, 2.05) is 24.3 Å². The van der Waals surface area contributed by atoms with Gasteiger partial charge in [-0.1, -0.05) is 12.1 Å². The SMILES string of the molecule is COc1cccc2cc(C)c(C#N)c(O)c12. The predicted octanol–water partition coefficient (Wildman–Crippen LogP) is 2.73. The lowest BCUT2D eigenvalue weighted by Crippen LogP contribution is -1.89. The molecule has 16 heavy (non-hydrogen) atoms. The fourth-order valence-electron chi connectivity index (χ4n) is 1.85. The van der Waals surface area contributed by atoms with E-state index in [4.69, 9.17) is 10.00 Å². The van der Waals surface area contributed by atoms with Gasteiger partial charge in [-0.25, -0.2) is 0 Å². The van der Waals surface area contributed by atoms with E-state index in [2.05, 4.69) is 0 Å². The number of nitriles is 1. The third-order valence-corrected chi connectivity index (χ3v) is 2.63. The summed E-state index contributed by atoms with van der Waals surface area (Å²) in [7, 11) is 1.54. The van der Waals surface area contributed by atoms with Gasteiger partial charge in [0.1, 0.15) is 17.6 Å². The van der Waals surface area contributed by atoms with Crippen LogP contribution in [0.1, 0.15) is 11.1 Å². The van der Waals surface area contributed by atoms with Crippen LogP contribution in [0.3, 0.4) is 0 Å². The van der Waals surface area contributed by atoms with Crippen molar-refractivity contribution in [1.82, 2.24) is 0 Å². The Bertz CT molecular complexity index is 597. The Hall–Kier alpha value is -2.21. The molecule has 0 aliphatic rings. The fourth-order valence-corrected chi connectivity index (χ4v) is 1.85. The molecule has 3 nitrogen and oxygen atoms in total. The maximum Gasteiger partial charge on any atom is 0.145 e. The van der Waals surface area contributed by atoms with Crippen LogP contribution in [0, 0.1) is 18.3 Å². The van der Waals surface area contributed by atoms with Crippen LogP contribution in [0.2, 0.25) is 0 Å². The highest BCUT2D eigenvalue weighted by molar-refractivity contribution is 5.96. The maximum atomic E-state index is 10.0. The van der Waals surface area contributed by atoms with E-state index in [0.29, 0.717) is 16.7 Å². The minimum atomic E-state index is -0.00468. The van der Waals surface area contributed by atoms with Gasteiger partial charge in [-0.2, -0.15) is 5.26 Å². The molecule has 80 valence electrons. The Kier molecular flexibility index (Phi) is 2.41. The summed E-state index contributed by atoms with van der Waals surface area (Å²) in [6, 6.07) is 9.37. The van der Waals surface area contributed by atoms with Crippen molar-refractivity contribution < 1.29 is 9.84 Å². The molecule has 3 heteroatoms. The number of ether oxygens (including phenoxy) is 1. The van der Waals surface area contributed by atoms with Crippen molar-refractivity contribution in [2.75, 3.05) is 7.11 Å². The number of aromatic hydroxyl groups is 1. The first-order chi connectivity index (χ1) is 7.69. The van der Waals surface area contributed by atoms with E-state index in [-0.39, 0.29) is 5.75 Å². The molecule has 0 aliphatic heterocycles. The largest absolute Gasteiger partial charge is 0.506 e. The molecule has 0 radical (unpaired) electrons. The van der Waals surface area contributed by atoms with Crippen molar-refractivity contribution in [1.29, 1.82) is 5.26 Å². The first-order valence-electron chi connectivity index (χ1n) is 4.88. The predicted molar refractivity (Wildman–Crippen MR) is 61.6 cm³/mol. The van der Waals surface area contributed by atoms with Gasteiger partial charge >= 0.3 is 0 Å². The first kappa shape index (κ1) is 10.3. The van der Waals surface area contributed by atoms with Gasteiger partial charge in [0.15, 0.2) is 0 Å². The Labute approximate surface area is 93.5 Å². The van der Waals surface area contributed by atoms with Gasteiger partial charge in [0.25, 0.3) is 0 Å². The van der Waals surface area contributed by atoms with Crippen LogP contribution < -0.4 is 4.74 Å². The summed E-state index contributed by atoms with van der Waals surface area (Å²) in [4.78, 5) is 0. The molecular formula is C13H11NO2. The Balaban J connectivity index is 2.96. The molecule has 0 unspecified atom stereocenters. The van der Waals surface area contributed by atoms with Crippen molar-refractivity contribution in [3.63, 3.8) is 0 Å². The van der Waals surface area contributed by atoms with E-state index >= 15 is 0 Å². The van der Waals surface area contributed by atoms with Crippen molar-refractivity contribution in [3.8, 4) is 17.6 Å². The minimum absolute atomic E-state index is 0.00468. The zero-order valence-corrected chi connectivity index (χ0v) is 9.11. The quantitative estimate of drug-likeness (QED) is 0.792. The van der Waals surface area contributed by atoms with Crippen LogP contribution in [0.25, 0.3) is 10.8 Å². The highest BCUT2D eigenvalue weighted by Crippen LogP contribution is 2.37. The number of aryl methyl sites for hydroxylation is 1. The van der Waals surface area contributed by atoms with Gasteiger partial charge in [-0.15, -0.1) is 0 Å². The molecule has 0 atom stereocenters. The number of hydrogen-bond donors (Lipinski definition) is 1. The van der Waals surface area contributed by atoms with Gasteiger partial charge < -0.3 is 9.84 Å². The van der Waals surface area contributed by atoms with Crippen molar-refractivity contribution in [2.45, 2.75) is 6.92 Å². The van der Waals surface area contributed by atoms with Crippen LogP contribution in [-0.2, 0) is 0 Å². The molecule has 0 fully saturated rings. The van der Waals surface area contributed by atoms with E-state index in [1.54, 1.807) is 20.1 Å². The fraction of sp³-hybridized carbons (Fsp3) is 0.154. The van der Waals surface area contributed by atoms with E-state index in [1.165, 1.54) is 0 Å². The van der Waals surface area contributed by atoms with E-state index in [0.717, 1.165) is 10.9 Å². The number of rotatable bonds is 1. The van der Waals surface area contributed by atoms with E-state index < -0.39 is 0 Å². The molecule has 0 amide bonds. The summed E-state index contributed by atoms with van der Waals surface area (Å²) in [6.45, 7) is 1.80. The van der Waals surface area contributed by atoms with Gasteiger partial charge in [0.05, 0.1) is 18.1 Å². The smallest absolute Gasteiger partial charge is 0.145 e. The van der Waals surface area contributed by atoms with Crippen molar-refractivity contribution >= 4 is 10.8 Å². The van der Waals surface area contributed by atoms with Crippen LogP contribution in [0.15, 0.2) is 24.3 Å². The van der Waals surface area contributed by atoms with Crippen LogP contribution in [0.5, 0.6) is 11.5 Å². The van der Waals surface area contributed by atoms with E-state index in [9.17, 15) is 5.11 Å². The Morgan fingerprint density at radius 2 is 2.12 bits per heavy atom. The molecule has 0 saturated heterocycles. The normalized spacial score (nSPS) is 10.1. The standard InChI is InChI=1S/C13H11NO2/c1-8-6-9-4-3-5-11(16-2)12(9)13(15)10(8)7-14/h3-6,15H,1-2H3. The lowest BCUT2D eigenvalue weighted by Gasteiger charge is -2.09. The van der Waals surface area contributed by atoms with Crippen LogP contribution in [-0.4, -0.2) is 12.2 Å². The van der Waals surface area contributed by atoms with Crippen LogP contribution >= 0.6 is 0 Å². The third-order valence-electron chi connectivity index (χ3n) is 2.63. The number of fused-ring (bicyclic) bond motifs is 1. The second-order valence-electron chi connectivity index (χ2n) is 3.59. The molecule has 0 spiro atoms. The number of nitrogens with zero attached hydrogens (tertiary/aromatic N) is 1. The Morgan fingerprint density at radius 3 is 2.75 bits per heavy atom. The van der Waals surface area contributed by atoms with Crippen molar-refractivity contribution in [3.05, 3.63) is 35.4 Å². The lowest BCUT2D eigenvalue weighted by atomic mass is 10.0. The number of hydrogen-bond acceptors (Lipinski definition) is 3. The topological polar surface area (TPSA) is 53.2 Å². The highest BCUT2D eigenvalue weighted by atomic mass is 16.5. The summed E-state index contributed by atoms with van der Waals surface area (Å²) >= 11 is 0. The summed E-state index contributed by atoms with van der Waals surface area (Å²) in [6.07, 6.45) is 0. The summed E-state index contributed by atoms with van der Waals surface area (Å²) in [5.74, 6) is 0.571. The van der Waals surface area contributed by atoms with Gasteiger partial charge in [-0.05, 0) is 30.0 Å². The second-order valence-corrected chi connectivity index (χ2v) is 3.59. The average Bonchev–Trinajstić information content (AvgIpc) is 2.28. The number of benzene rings is 2. The van der Waals surface area contributed by atoms with Gasteiger partial charge in [0.2, 0.25) is 0 Å². The molecule has 0 aromatic heterocycles. The van der Waals surface area contributed by atoms with Crippen molar-refractivity contribution in [2.24, 2.45) is 0 Å². The molecule has 0 aliphatic carbocycles. The lowest BCUT2D eigenvalue weighted by molar-refractivity contribution is 0.416. The molecule has 0 heterocycles. The molecule has 0 saturated carbocycles. The molecule has 0 bridgehead atoms. The zero-order valence-electron chi connectivity index (χ0n) is 9.11. The summed E-state index contributed by atoms with van der Waals surface area (Å²) in [5, 5.41) is 20.5. The summed E-state index contributed by atoms with van der Waals surface area (Å²) < 4.78 is 5.18. The number of phenolic OH excluding ortho intramolecular Hbond substituents is 1. The van der Waals surface area contributed by atoms with Gasteiger partial charge in [-0.3, -0.25) is 0 Å². The van der Waals surface area contributed by atoms with Gasteiger partial charge in [0, 0.05) is 0 Å². The average molecular weight is 213 g/mol. The molecule has 2 aromatic rings. The highest BCUT2D eigenvalue weighted by Gasteiger charge is 2.13. The van der Waals surface area contributed by atoms with Crippen LogP contribution in [0.4, 0.5) is 0 Å². The minimum Gasteiger partial charge on any atom is -0.506 e. The molecule has 2 aromatic carbocycles. The monoisotopic (exact) mass is 213 g/mol. The molecule has 1 N–H and O–H groups in total. The first-order valence-corrected chi connectivity index (χ1v) is 4.88. The number of phenols is 1. The third kappa shape index (κ3) is 1.36. The zero-order chi connectivity index (χ0) is 11.7. The maximum absolute atomic E-state index is 10.0. The molecule has 2 rings (SSSR count). The number of methoxy groups -OCH3 is 1. The Morgan fingerprint density at radius 1 is 1.38 bits per heavy atom. The summed E-state index contributed by atoms with van der Waals surface area (Å²) in [5.41, 5.74) is 1.07.